The van der Waals surface area contributed by atoms with E-state index in [4.69, 9.17) is 16.8 Å². The summed E-state index contributed by atoms with van der Waals surface area (Å²) in [5.41, 5.74) is 2.98. The highest BCUT2D eigenvalue weighted by Gasteiger charge is 2.15. The van der Waals surface area contributed by atoms with Gasteiger partial charge in [0.15, 0.2) is 0 Å². The Kier molecular flexibility index (Phi) is 2.23. The van der Waals surface area contributed by atoms with Crippen molar-refractivity contribution in [2.24, 2.45) is 5.16 Å². The first kappa shape index (κ1) is 8.57. The molecule has 3 heteroatoms. The minimum absolute atomic E-state index is 0.696. The third-order valence-electron chi connectivity index (χ3n) is 2.36. The molecule has 68 valence electrons. The predicted octanol–water partition coefficient (Wildman–Crippen LogP) is 2.85. The Labute approximate surface area is 81.8 Å². The van der Waals surface area contributed by atoms with E-state index in [0.29, 0.717) is 5.02 Å². The van der Waals surface area contributed by atoms with Gasteiger partial charge in [-0.3, -0.25) is 0 Å². The lowest BCUT2D eigenvalue weighted by Crippen LogP contribution is -2.11. The molecule has 0 atom stereocenters. The molecule has 1 N–H and O–H groups in total. The average molecular weight is 196 g/mol. The first-order valence-corrected chi connectivity index (χ1v) is 4.69. The molecular weight excluding hydrogens is 186 g/mol. The summed E-state index contributed by atoms with van der Waals surface area (Å²) in [5.74, 6) is 0. The van der Waals surface area contributed by atoms with Gasteiger partial charge in [0.1, 0.15) is 0 Å². The third kappa shape index (κ3) is 1.54. The van der Waals surface area contributed by atoms with Crippen LogP contribution in [0.25, 0.3) is 0 Å². The van der Waals surface area contributed by atoms with Gasteiger partial charge in [0.2, 0.25) is 0 Å². The second-order valence-electron chi connectivity index (χ2n) is 3.20. The molecule has 13 heavy (non-hydrogen) atoms. The molecule has 1 aliphatic rings. The van der Waals surface area contributed by atoms with Crippen LogP contribution in [-0.4, -0.2) is 10.9 Å². The molecule has 2 nitrogen and oxygen atoms in total. The van der Waals surface area contributed by atoms with Gasteiger partial charge in [0.05, 0.1) is 5.71 Å². The molecule has 0 fully saturated rings. The fourth-order valence-electron chi connectivity index (χ4n) is 1.72. The van der Waals surface area contributed by atoms with Crippen molar-refractivity contribution in [3.63, 3.8) is 0 Å². The van der Waals surface area contributed by atoms with Gasteiger partial charge in [-0.15, -0.1) is 0 Å². The minimum atomic E-state index is 0.696. The molecular formula is C10H10ClNO. The maximum Gasteiger partial charge on any atom is 0.0871 e. The summed E-state index contributed by atoms with van der Waals surface area (Å²) in [7, 11) is 0. The number of hydrogen-bond donors (Lipinski definition) is 1. The Morgan fingerprint density at radius 3 is 2.92 bits per heavy atom. The van der Waals surface area contributed by atoms with E-state index in [-0.39, 0.29) is 0 Å². The lowest BCUT2D eigenvalue weighted by atomic mass is 9.90. The summed E-state index contributed by atoms with van der Waals surface area (Å²) in [6.45, 7) is 0. The van der Waals surface area contributed by atoms with Crippen molar-refractivity contribution >= 4 is 17.3 Å². The third-order valence-corrected chi connectivity index (χ3v) is 2.60. The van der Waals surface area contributed by atoms with Crippen molar-refractivity contribution in [2.45, 2.75) is 19.3 Å². The van der Waals surface area contributed by atoms with Crippen molar-refractivity contribution < 1.29 is 5.21 Å². The van der Waals surface area contributed by atoms with Gasteiger partial charge < -0.3 is 5.21 Å². The number of nitrogens with zero attached hydrogens (tertiary/aromatic N) is 1. The summed E-state index contributed by atoms with van der Waals surface area (Å²) in [6, 6.07) is 5.74. The van der Waals surface area contributed by atoms with E-state index in [0.717, 1.165) is 30.5 Å². The van der Waals surface area contributed by atoms with E-state index >= 15 is 0 Å². The quantitative estimate of drug-likeness (QED) is 0.501. The SMILES string of the molecule is ON=C1CCCc2ccc(Cl)cc21. The van der Waals surface area contributed by atoms with Gasteiger partial charge in [-0.05, 0) is 37.0 Å². The highest BCUT2D eigenvalue weighted by Crippen LogP contribution is 2.24. The Morgan fingerprint density at radius 1 is 1.31 bits per heavy atom. The van der Waals surface area contributed by atoms with Crippen LogP contribution in [0.3, 0.4) is 0 Å². The predicted molar refractivity (Wildman–Crippen MR) is 52.7 cm³/mol. The molecule has 0 amide bonds. The van der Waals surface area contributed by atoms with Crippen LogP contribution >= 0.6 is 11.6 Å². The van der Waals surface area contributed by atoms with Crippen molar-refractivity contribution in [1.29, 1.82) is 0 Å². The standard InChI is InChI=1S/C10H10ClNO/c11-8-5-4-7-2-1-3-10(12-13)9(7)6-8/h4-6,13H,1-3H2. The fourth-order valence-corrected chi connectivity index (χ4v) is 1.89. The maximum atomic E-state index is 8.77. The van der Waals surface area contributed by atoms with Gasteiger partial charge in [-0.2, -0.15) is 0 Å². The van der Waals surface area contributed by atoms with Gasteiger partial charge in [0.25, 0.3) is 0 Å². The summed E-state index contributed by atoms with van der Waals surface area (Å²) in [4.78, 5) is 0. The van der Waals surface area contributed by atoms with Crippen LogP contribution in [0.5, 0.6) is 0 Å². The zero-order chi connectivity index (χ0) is 9.26. The fraction of sp³-hybridized carbons (Fsp3) is 0.300. The Balaban J connectivity index is 2.54. The summed E-state index contributed by atoms with van der Waals surface area (Å²) < 4.78 is 0. The molecule has 1 aromatic carbocycles. The summed E-state index contributed by atoms with van der Waals surface area (Å²) in [5, 5.41) is 12.8. The smallest absolute Gasteiger partial charge is 0.0871 e. The van der Waals surface area contributed by atoms with Crippen LogP contribution in [0.4, 0.5) is 0 Å². The molecule has 2 rings (SSSR count). The van der Waals surface area contributed by atoms with Gasteiger partial charge >= 0.3 is 0 Å². The van der Waals surface area contributed by atoms with Crippen LogP contribution in [0, 0.1) is 0 Å². The molecule has 0 heterocycles. The average Bonchev–Trinajstić information content (AvgIpc) is 2.17. The summed E-state index contributed by atoms with van der Waals surface area (Å²) >= 11 is 5.86. The second kappa shape index (κ2) is 3.38. The van der Waals surface area contributed by atoms with Crippen LogP contribution < -0.4 is 0 Å². The number of aryl methyl sites for hydroxylation is 1. The number of oxime groups is 1. The number of hydrogen-bond acceptors (Lipinski definition) is 2. The molecule has 0 saturated carbocycles. The Morgan fingerprint density at radius 2 is 2.15 bits per heavy atom. The number of benzene rings is 1. The van der Waals surface area contributed by atoms with Crippen LogP contribution in [0.2, 0.25) is 5.02 Å². The molecule has 0 bridgehead atoms. The molecule has 0 spiro atoms. The molecule has 0 radical (unpaired) electrons. The van der Waals surface area contributed by atoms with Gasteiger partial charge in [-0.1, -0.05) is 22.8 Å². The Bertz CT molecular complexity index is 360. The second-order valence-corrected chi connectivity index (χ2v) is 3.64. The van der Waals surface area contributed by atoms with Crippen molar-refractivity contribution in [3.05, 3.63) is 34.3 Å². The van der Waals surface area contributed by atoms with Crippen LogP contribution in [0.15, 0.2) is 23.4 Å². The van der Waals surface area contributed by atoms with E-state index in [2.05, 4.69) is 5.16 Å². The molecule has 0 aromatic heterocycles. The van der Waals surface area contributed by atoms with Crippen molar-refractivity contribution in [1.82, 2.24) is 0 Å². The van der Waals surface area contributed by atoms with E-state index in [1.165, 1.54) is 5.56 Å². The number of rotatable bonds is 0. The van der Waals surface area contributed by atoms with Crippen molar-refractivity contribution in [2.75, 3.05) is 0 Å². The molecule has 1 aliphatic carbocycles. The first-order chi connectivity index (χ1) is 6.31. The van der Waals surface area contributed by atoms with E-state index in [1.54, 1.807) is 0 Å². The zero-order valence-corrected chi connectivity index (χ0v) is 7.88. The highest BCUT2D eigenvalue weighted by atomic mass is 35.5. The van der Waals surface area contributed by atoms with Gasteiger partial charge in [0, 0.05) is 10.6 Å². The van der Waals surface area contributed by atoms with E-state index in [1.807, 2.05) is 18.2 Å². The topological polar surface area (TPSA) is 32.6 Å². The molecule has 1 aromatic rings. The molecule has 0 saturated heterocycles. The highest BCUT2D eigenvalue weighted by molar-refractivity contribution is 6.31. The maximum absolute atomic E-state index is 8.77. The molecule has 0 unspecified atom stereocenters. The largest absolute Gasteiger partial charge is 0.411 e. The van der Waals surface area contributed by atoms with Crippen LogP contribution in [-0.2, 0) is 6.42 Å². The zero-order valence-electron chi connectivity index (χ0n) is 7.13. The van der Waals surface area contributed by atoms with Crippen molar-refractivity contribution in [3.8, 4) is 0 Å². The Hall–Kier alpha value is -1.02. The normalized spacial score (nSPS) is 18.7. The van der Waals surface area contributed by atoms with E-state index < -0.39 is 0 Å². The summed E-state index contributed by atoms with van der Waals surface area (Å²) in [6.07, 6.45) is 2.93. The minimum Gasteiger partial charge on any atom is -0.411 e. The lowest BCUT2D eigenvalue weighted by molar-refractivity contribution is 0.317. The number of fused-ring (bicyclic) bond motifs is 1. The molecule has 0 aliphatic heterocycles. The van der Waals surface area contributed by atoms with Crippen LogP contribution in [0.1, 0.15) is 24.0 Å². The van der Waals surface area contributed by atoms with Gasteiger partial charge in [-0.25, -0.2) is 0 Å². The monoisotopic (exact) mass is 195 g/mol. The number of halogens is 1. The van der Waals surface area contributed by atoms with E-state index in [9.17, 15) is 0 Å². The lowest BCUT2D eigenvalue weighted by Gasteiger charge is -2.16. The first-order valence-electron chi connectivity index (χ1n) is 4.31.